The number of carbonyl (C=O) groups is 2. The predicted molar refractivity (Wildman–Crippen MR) is 134 cm³/mol. The molecule has 172 valence electrons. The fraction of sp³-hybridized carbons (Fsp3) is 0.115. The third kappa shape index (κ3) is 5.24. The van der Waals surface area contributed by atoms with Crippen LogP contribution in [0.3, 0.4) is 0 Å². The fourth-order valence-corrected chi connectivity index (χ4v) is 4.12. The molecule has 7 nitrogen and oxygen atoms in total. The molecule has 0 aliphatic carbocycles. The highest BCUT2D eigenvalue weighted by atomic mass is 32.1. The molecule has 8 heteroatoms. The van der Waals surface area contributed by atoms with Crippen molar-refractivity contribution < 1.29 is 19.8 Å². The average Bonchev–Trinajstić information content (AvgIpc) is 3.31. The Morgan fingerprint density at radius 3 is 2.47 bits per heavy atom. The maximum atomic E-state index is 12.2. The summed E-state index contributed by atoms with van der Waals surface area (Å²) in [6.07, 6.45) is 0.888. The van der Waals surface area contributed by atoms with Gasteiger partial charge in [-0.05, 0) is 60.0 Å². The van der Waals surface area contributed by atoms with Crippen molar-refractivity contribution >= 4 is 34.0 Å². The van der Waals surface area contributed by atoms with Crippen molar-refractivity contribution in [3.63, 3.8) is 0 Å². The van der Waals surface area contributed by atoms with Crippen LogP contribution in [0.4, 0.5) is 10.8 Å². The van der Waals surface area contributed by atoms with Crippen molar-refractivity contribution in [1.29, 1.82) is 0 Å². The van der Waals surface area contributed by atoms with Gasteiger partial charge in [0.05, 0.1) is 5.69 Å². The highest BCUT2D eigenvalue weighted by molar-refractivity contribution is 7.14. The first kappa shape index (κ1) is 23.0. The van der Waals surface area contributed by atoms with E-state index in [0.717, 1.165) is 23.2 Å². The molecule has 0 saturated carbocycles. The quantitative estimate of drug-likeness (QED) is 0.259. The lowest BCUT2D eigenvalue weighted by molar-refractivity contribution is 0.0693. The molecule has 34 heavy (non-hydrogen) atoms. The number of carboxylic acid groups (broad SMARTS) is 1. The molecule has 0 atom stereocenters. The lowest BCUT2D eigenvalue weighted by Crippen LogP contribution is -2.23. The van der Waals surface area contributed by atoms with E-state index in [1.807, 2.05) is 54.8 Å². The Labute approximate surface area is 200 Å². The number of nitrogens with one attached hydrogen (secondary N) is 2. The van der Waals surface area contributed by atoms with Crippen molar-refractivity contribution in [2.24, 2.45) is 0 Å². The molecule has 4 rings (SSSR count). The summed E-state index contributed by atoms with van der Waals surface area (Å²) in [6, 6.07) is 19.7. The number of aromatic nitrogens is 1. The van der Waals surface area contributed by atoms with E-state index in [0.29, 0.717) is 28.5 Å². The maximum absolute atomic E-state index is 12.2. The Bertz CT molecular complexity index is 1330. The van der Waals surface area contributed by atoms with Gasteiger partial charge in [-0.25, -0.2) is 9.78 Å². The molecule has 0 aliphatic rings. The van der Waals surface area contributed by atoms with Crippen LogP contribution >= 0.6 is 11.3 Å². The van der Waals surface area contributed by atoms with E-state index in [2.05, 4.69) is 15.6 Å². The number of anilines is 2. The van der Waals surface area contributed by atoms with Gasteiger partial charge in [0.2, 0.25) is 0 Å². The van der Waals surface area contributed by atoms with Gasteiger partial charge in [-0.2, -0.15) is 0 Å². The summed E-state index contributed by atoms with van der Waals surface area (Å²) in [4.78, 5) is 28.0. The van der Waals surface area contributed by atoms with Crippen molar-refractivity contribution in [2.45, 2.75) is 13.3 Å². The normalized spacial score (nSPS) is 10.6. The Balaban J connectivity index is 1.47. The second-order valence-electron chi connectivity index (χ2n) is 7.61. The molecule has 0 fully saturated rings. The topological polar surface area (TPSA) is 112 Å². The number of carbonyl (C=O) groups excluding carboxylic acids is 1. The first-order chi connectivity index (χ1) is 16.4. The first-order valence-corrected chi connectivity index (χ1v) is 11.6. The van der Waals surface area contributed by atoms with Gasteiger partial charge in [-0.1, -0.05) is 31.2 Å². The molecule has 0 unspecified atom stereocenters. The van der Waals surface area contributed by atoms with Crippen molar-refractivity contribution in [3.8, 4) is 28.1 Å². The third-order valence-corrected chi connectivity index (χ3v) is 5.91. The van der Waals surface area contributed by atoms with E-state index in [1.54, 1.807) is 12.1 Å². The Morgan fingerprint density at radius 1 is 0.971 bits per heavy atom. The summed E-state index contributed by atoms with van der Waals surface area (Å²) in [5, 5.41) is 27.5. The van der Waals surface area contributed by atoms with Gasteiger partial charge < -0.3 is 20.8 Å². The SMILES string of the molecule is CCCNC(=O)c1cccc(-c2ccc(Nc3nc(-c4ccc(O)c(C(=O)O)c4)cs3)cc2)c1. The Kier molecular flexibility index (Phi) is 6.89. The van der Waals surface area contributed by atoms with Crippen LogP contribution in [-0.4, -0.2) is 33.6 Å². The van der Waals surface area contributed by atoms with Crippen LogP contribution in [0.25, 0.3) is 22.4 Å². The van der Waals surface area contributed by atoms with E-state index in [1.165, 1.54) is 23.5 Å². The number of rotatable bonds is 8. The summed E-state index contributed by atoms with van der Waals surface area (Å²) < 4.78 is 0. The number of aromatic hydroxyl groups is 1. The molecular weight excluding hydrogens is 450 g/mol. The van der Waals surface area contributed by atoms with Gasteiger partial charge in [-0.15, -0.1) is 11.3 Å². The van der Waals surface area contributed by atoms with E-state index < -0.39 is 5.97 Å². The zero-order valence-electron chi connectivity index (χ0n) is 18.4. The van der Waals surface area contributed by atoms with Gasteiger partial charge in [0, 0.05) is 28.7 Å². The summed E-state index contributed by atoms with van der Waals surface area (Å²) in [7, 11) is 0. The summed E-state index contributed by atoms with van der Waals surface area (Å²) in [6.45, 7) is 2.66. The molecule has 1 aromatic heterocycles. The molecule has 4 aromatic rings. The van der Waals surface area contributed by atoms with E-state index >= 15 is 0 Å². The van der Waals surface area contributed by atoms with E-state index in [9.17, 15) is 19.8 Å². The summed E-state index contributed by atoms with van der Waals surface area (Å²) >= 11 is 1.39. The molecule has 0 radical (unpaired) electrons. The zero-order chi connectivity index (χ0) is 24.1. The monoisotopic (exact) mass is 473 g/mol. The predicted octanol–water partition coefficient (Wildman–Crippen LogP) is 5.76. The fourth-order valence-electron chi connectivity index (χ4n) is 3.38. The zero-order valence-corrected chi connectivity index (χ0v) is 19.2. The molecular formula is C26H23N3O4S. The number of aromatic carboxylic acids is 1. The van der Waals surface area contributed by atoms with Crippen LogP contribution in [0.5, 0.6) is 5.75 Å². The highest BCUT2D eigenvalue weighted by Crippen LogP contribution is 2.31. The first-order valence-electron chi connectivity index (χ1n) is 10.7. The molecule has 0 aliphatic heterocycles. The summed E-state index contributed by atoms with van der Waals surface area (Å²) in [5.41, 5.74) is 4.47. The lowest BCUT2D eigenvalue weighted by atomic mass is 10.0. The van der Waals surface area contributed by atoms with Gasteiger partial charge in [0.1, 0.15) is 11.3 Å². The molecule has 0 spiro atoms. The molecule has 4 N–H and O–H groups in total. The van der Waals surface area contributed by atoms with Gasteiger partial charge >= 0.3 is 5.97 Å². The lowest BCUT2D eigenvalue weighted by Gasteiger charge is -2.08. The van der Waals surface area contributed by atoms with Crippen LogP contribution in [0.15, 0.2) is 72.1 Å². The number of amides is 1. The minimum Gasteiger partial charge on any atom is -0.507 e. The second kappa shape index (κ2) is 10.2. The molecule has 0 bridgehead atoms. The van der Waals surface area contributed by atoms with Crippen molar-refractivity contribution in [1.82, 2.24) is 10.3 Å². The van der Waals surface area contributed by atoms with Crippen LogP contribution < -0.4 is 10.6 Å². The number of carboxylic acids is 1. The number of hydrogen-bond donors (Lipinski definition) is 4. The van der Waals surface area contributed by atoms with Crippen molar-refractivity contribution in [2.75, 3.05) is 11.9 Å². The smallest absolute Gasteiger partial charge is 0.339 e. The average molecular weight is 474 g/mol. The second-order valence-corrected chi connectivity index (χ2v) is 8.47. The number of thiazole rings is 1. The minimum absolute atomic E-state index is 0.0781. The van der Waals surface area contributed by atoms with Crippen LogP contribution in [-0.2, 0) is 0 Å². The van der Waals surface area contributed by atoms with Crippen LogP contribution in [0.2, 0.25) is 0 Å². The minimum atomic E-state index is -1.19. The largest absolute Gasteiger partial charge is 0.507 e. The number of phenols is 1. The summed E-state index contributed by atoms with van der Waals surface area (Å²) in [5.74, 6) is -1.55. The molecule has 3 aromatic carbocycles. The Hall–Kier alpha value is -4.17. The highest BCUT2D eigenvalue weighted by Gasteiger charge is 2.13. The Morgan fingerprint density at radius 2 is 1.74 bits per heavy atom. The van der Waals surface area contributed by atoms with E-state index in [4.69, 9.17) is 0 Å². The van der Waals surface area contributed by atoms with Gasteiger partial charge in [0.15, 0.2) is 5.13 Å². The van der Waals surface area contributed by atoms with Crippen LogP contribution in [0, 0.1) is 0 Å². The number of benzene rings is 3. The number of hydrogen-bond acceptors (Lipinski definition) is 6. The molecule has 0 saturated heterocycles. The van der Waals surface area contributed by atoms with Crippen molar-refractivity contribution in [3.05, 3.63) is 83.2 Å². The number of nitrogens with zero attached hydrogens (tertiary/aromatic N) is 1. The molecule has 1 heterocycles. The van der Waals surface area contributed by atoms with Crippen LogP contribution in [0.1, 0.15) is 34.1 Å². The maximum Gasteiger partial charge on any atom is 0.339 e. The standard InChI is InChI=1S/C26H23N3O4S/c1-2-12-27-24(31)19-5-3-4-17(13-19)16-6-9-20(10-7-16)28-26-29-22(15-34-26)18-8-11-23(30)21(14-18)25(32)33/h3-11,13-15,30H,2,12H2,1H3,(H,27,31)(H,28,29)(H,32,33). The van der Waals surface area contributed by atoms with Gasteiger partial charge in [0.25, 0.3) is 5.91 Å². The van der Waals surface area contributed by atoms with Gasteiger partial charge in [-0.3, -0.25) is 4.79 Å². The molecule has 1 amide bonds. The third-order valence-electron chi connectivity index (χ3n) is 5.16. The van der Waals surface area contributed by atoms with E-state index in [-0.39, 0.29) is 17.2 Å².